The van der Waals surface area contributed by atoms with Gasteiger partial charge >= 0.3 is 0 Å². The van der Waals surface area contributed by atoms with Crippen molar-refractivity contribution in [3.05, 3.63) is 16.6 Å². The van der Waals surface area contributed by atoms with Crippen LogP contribution in [0.1, 0.15) is 18.9 Å². The Kier molecular flexibility index (Phi) is 1.65. The second-order valence-electron chi connectivity index (χ2n) is 3.36. The number of nitrogens with zero attached hydrogens (tertiary/aromatic N) is 2. The summed E-state index contributed by atoms with van der Waals surface area (Å²) < 4.78 is 5.41. The molecule has 2 heterocycles. The van der Waals surface area contributed by atoms with Crippen LogP contribution in [0.15, 0.2) is 16.6 Å². The molecule has 3 nitrogen and oxygen atoms in total. The third kappa shape index (κ3) is 1.34. The van der Waals surface area contributed by atoms with Gasteiger partial charge in [0.15, 0.2) is 5.01 Å². The molecule has 0 bridgehead atoms. The first kappa shape index (κ1) is 7.73. The first-order valence-corrected chi connectivity index (χ1v) is 4.68. The molecule has 64 valence electrons. The van der Waals surface area contributed by atoms with Crippen LogP contribution in [0.2, 0.25) is 0 Å². The molecule has 0 radical (unpaired) electrons. The molecular weight excluding hydrogens is 172 g/mol. The summed E-state index contributed by atoms with van der Waals surface area (Å²) in [7, 11) is 0. The lowest BCUT2D eigenvalue weighted by Crippen LogP contribution is -2.17. The van der Waals surface area contributed by atoms with Gasteiger partial charge in [0.2, 0.25) is 5.90 Å². The molecule has 0 aliphatic carbocycles. The Morgan fingerprint density at radius 2 is 2.42 bits per heavy atom. The molecule has 0 spiro atoms. The summed E-state index contributed by atoms with van der Waals surface area (Å²) in [5.41, 5.74) is -0.0823. The van der Waals surface area contributed by atoms with E-state index in [-0.39, 0.29) is 5.54 Å². The fourth-order valence-electron chi connectivity index (χ4n) is 1.02. The van der Waals surface area contributed by atoms with E-state index in [2.05, 4.69) is 9.98 Å². The molecule has 0 unspecified atom stereocenters. The number of aromatic nitrogens is 1. The van der Waals surface area contributed by atoms with Crippen LogP contribution in [0.4, 0.5) is 0 Å². The van der Waals surface area contributed by atoms with Crippen LogP contribution in [0, 0.1) is 0 Å². The lowest BCUT2D eigenvalue weighted by molar-refractivity contribution is 0.279. The van der Waals surface area contributed by atoms with Gasteiger partial charge in [0.05, 0.1) is 5.54 Å². The average molecular weight is 182 g/mol. The van der Waals surface area contributed by atoms with Gasteiger partial charge in [-0.05, 0) is 13.8 Å². The molecule has 0 N–H and O–H groups in total. The first-order valence-electron chi connectivity index (χ1n) is 3.80. The third-order valence-electron chi connectivity index (χ3n) is 1.58. The minimum Gasteiger partial charge on any atom is -0.473 e. The molecule has 1 aliphatic heterocycles. The van der Waals surface area contributed by atoms with Gasteiger partial charge in [-0.3, -0.25) is 0 Å². The van der Waals surface area contributed by atoms with Crippen molar-refractivity contribution in [3.8, 4) is 0 Å². The summed E-state index contributed by atoms with van der Waals surface area (Å²) in [6, 6.07) is 0. The number of ether oxygens (including phenoxy) is 1. The summed E-state index contributed by atoms with van der Waals surface area (Å²) in [5.74, 6) is 0.690. The summed E-state index contributed by atoms with van der Waals surface area (Å²) in [4.78, 5) is 8.53. The maximum atomic E-state index is 5.41. The number of aliphatic imine (C=N–C) groups is 1. The fraction of sp³-hybridized carbons (Fsp3) is 0.500. The van der Waals surface area contributed by atoms with Gasteiger partial charge in [0, 0.05) is 11.6 Å². The highest BCUT2D eigenvalue weighted by molar-refractivity contribution is 7.11. The van der Waals surface area contributed by atoms with Gasteiger partial charge in [-0.1, -0.05) is 0 Å². The zero-order chi connectivity index (χ0) is 8.60. The molecule has 0 aromatic carbocycles. The Hall–Kier alpha value is -0.900. The molecule has 0 atom stereocenters. The predicted octanol–water partition coefficient (Wildman–Crippen LogP) is 1.70. The lowest BCUT2D eigenvalue weighted by Gasteiger charge is -2.07. The number of hydrogen-bond acceptors (Lipinski definition) is 4. The van der Waals surface area contributed by atoms with Crippen molar-refractivity contribution >= 4 is 17.2 Å². The number of hydrogen-bond donors (Lipinski definition) is 0. The third-order valence-corrected chi connectivity index (χ3v) is 2.34. The first-order chi connectivity index (χ1) is 5.67. The molecule has 0 fully saturated rings. The normalized spacial score (nSPS) is 20.3. The van der Waals surface area contributed by atoms with Gasteiger partial charge in [0.1, 0.15) is 6.61 Å². The minimum atomic E-state index is -0.0823. The van der Waals surface area contributed by atoms with Crippen molar-refractivity contribution < 1.29 is 4.74 Å². The topological polar surface area (TPSA) is 34.5 Å². The highest BCUT2D eigenvalue weighted by Gasteiger charge is 2.27. The Balaban J connectivity index is 2.28. The van der Waals surface area contributed by atoms with Crippen LogP contribution >= 0.6 is 11.3 Å². The Morgan fingerprint density at radius 1 is 1.58 bits per heavy atom. The van der Waals surface area contributed by atoms with E-state index < -0.39 is 0 Å². The number of thiazole rings is 1. The van der Waals surface area contributed by atoms with Crippen molar-refractivity contribution in [2.24, 2.45) is 4.99 Å². The van der Waals surface area contributed by atoms with Gasteiger partial charge < -0.3 is 4.74 Å². The molecule has 0 amide bonds. The van der Waals surface area contributed by atoms with Crippen molar-refractivity contribution in [2.75, 3.05) is 6.61 Å². The molecule has 0 saturated carbocycles. The fourth-order valence-corrected chi connectivity index (χ4v) is 1.60. The Bertz CT molecular complexity index is 303. The standard InChI is InChI=1S/C8H10N2OS/c1-8(2)5-11-6(10-8)7-9-3-4-12-7/h3-4H,5H2,1-2H3. The van der Waals surface area contributed by atoms with Crippen molar-refractivity contribution in [1.82, 2.24) is 4.98 Å². The summed E-state index contributed by atoms with van der Waals surface area (Å²) >= 11 is 1.55. The van der Waals surface area contributed by atoms with E-state index in [4.69, 9.17) is 4.74 Å². The molecule has 0 saturated heterocycles. The van der Waals surface area contributed by atoms with E-state index in [0.29, 0.717) is 12.5 Å². The number of rotatable bonds is 1. The second kappa shape index (κ2) is 2.55. The molecule has 1 aliphatic rings. The van der Waals surface area contributed by atoms with E-state index in [1.807, 2.05) is 19.2 Å². The van der Waals surface area contributed by atoms with Gasteiger partial charge in [-0.15, -0.1) is 11.3 Å². The van der Waals surface area contributed by atoms with E-state index in [1.54, 1.807) is 17.5 Å². The van der Waals surface area contributed by atoms with E-state index >= 15 is 0 Å². The monoisotopic (exact) mass is 182 g/mol. The Morgan fingerprint density at radius 3 is 2.92 bits per heavy atom. The van der Waals surface area contributed by atoms with Crippen LogP contribution in [-0.4, -0.2) is 23.0 Å². The molecule has 2 rings (SSSR count). The maximum Gasteiger partial charge on any atom is 0.246 e. The predicted molar refractivity (Wildman–Crippen MR) is 48.7 cm³/mol. The quantitative estimate of drug-likeness (QED) is 0.662. The zero-order valence-corrected chi connectivity index (χ0v) is 7.89. The van der Waals surface area contributed by atoms with Gasteiger partial charge in [-0.2, -0.15) is 0 Å². The van der Waals surface area contributed by atoms with Crippen LogP contribution in [-0.2, 0) is 4.74 Å². The van der Waals surface area contributed by atoms with Crippen molar-refractivity contribution in [3.63, 3.8) is 0 Å². The Labute approximate surface area is 75.1 Å². The maximum absolute atomic E-state index is 5.41. The van der Waals surface area contributed by atoms with Crippen LogP contribution in [0.3, 0.4) is 0 Å². The van der Waals surface area contributed by atoms with E-state index in [9.17, 15) is 0 Å². The highest BCUT2D eigenvalue weighted by atomic mass is 32.1. The van der Waals surface area contributed by atoms with E-state index in [1.165, 1.54) is 0 Å². The zero-order valence-electron chi connectivity index (χ0n) is 7.07. The second-order valence-corrected chi connectivity index (χ2v) is 4.25. The summed E-state index contributed by atoms with van der Waals surface area (Å²) in [5, 5.41) is 2.80. The highest BCUT2D eigenvalue weighted by Crippen LogP contribution is 2.21. The smallest absolute Gasteiger partial charge is 0.246 e. The lowest BCUT2D eigenvalue weighted by atomic mass is 10.1. The molecular formula is C8H10N2OS. The average Bonchev–Trinajstić information content (AvgIpc) is 2.55. The van der Waals surface area contributed by atoms with E-state index in [0.717, 1.165) is 5.01 Å². The molecule has 4 heteroatoms. The van der Waals surface area contributed by atoms with Crippen LogP contribution < -0.4 is 0 Å². The van der Waals surface area contributed by atoms with Gasteiger partial charge in [-0.25, -0.2) is 9.98 Å². The van der Waals surface area contributed by atoms with Crippen molar-refractivity contribution in [2.45, 2.75) is 19.4 Å². The molecule has 1 aromatic heterocycles. The SMILES string of the molecule is CC1(C)COC(c2nccs2)=N1. The summed E-state index contributed by atoms with van der Waals surface area (Å²) in [6.07, 6.45) is 1.76. The molecule has 1 aromatic rings. The largest absolute Gasteiger partial charge is 0.473 e. The molecule has 12 heavy (non-hydrogen) atoms. The van der Waals surface area contributed by atoms with Crippen LogP contribution in [0.25, 0.3) is 0 Å². The summed E-state index contributed by atoms with van der Waals surface area (Å²) in [6.45, 7) is 4.75. The van der Waals surface area contributed by atoms with Crippen LogP contribution in [0.5, 0.6) is 0 Å². The minimum absolute atomic E-state index is 0.0823. The van der Waals surface area contributed by atoms with Crippen molar-refractivity contribution in [1.29, 1.82) is 0 Å². The van der Waals surface area contributed by atoms with Gasteiger partial charge in [0.25, 0.3) is 0 Å².